The molecule has 8 heteroatoms. The molecule has 7 nitrogen and oxygen atoms in total. The van der Waals surface area contributed by atoms with Gasteiger partial charge in [0.25, 0.3) is 7.59 Å². The maximum absolute atomic E-state index is 15.4. The zero-order valence-corrected chi connectivity index (χ0v) is 24.0. The Labute approximate surface area is 213 Å². The molecule has 35 heavy (non-hydrogen) atoms. The summed E-state index contributed by atoms with van der Waals surface area (Å²) in [5.74, 6) is -0.151. The van der Waals surface area contributed by atoms with Gasteiger partial charge in [0.2, 0.25) is 5.91 Å². The van der Waals surface area contributed by atoms with E-state index in [1.165, 1.54) is 25.0 Å². The van der Waals surface area contributed by atoms with Crippen molar-refractivity contribution < 1.29 is 14.2 Å². The van der Waals surface area contributed by atoms with E-state index in [9.17, 15) is 4.79 Å². The van der Waals surface area contributed by atoms with E-state index >= 15 is 4.57 Å². The van der Waals surface area contributed by atoms with Gasteiger partial charge in [-0.3, -0.25) is 14.2 Å². The van der Waals surface area contributed by atoms with E-state index in [4.69, 9.17) is 4.84 Å². The van der Waals surface area contributed by atoms with Gasteiger partial charge in [0, 0.05) is 44.7 Å². The average molecular weight is 507 g/mol. The number of hydrogen-bond donors (Lipinski definition) is 1. The van der Waals surface area contributed by atoms with Gasteiger partial charge in [0.1, 0.15) is 0 Å². The fourth-order valence-electron chi connectivity index (χ4n) is 5.41. The maximum Gasteiger partial charge on any atom is 0.285 e. The van der Waals surface area contributed by atoms with Gasteiger partial charge in [0.05, 0.1) is 7.11 Å². The normalized spacial score (nSPS) is 24.2. The Bertz CT molecular complexity index is 860. The van der Waals surface area contributed by atoms with Gasteiger partial charge in [-0.25, -0.2) is 19.5 Å². The van der Waals surface area contributed by atoms with Crippen LogP contribution in [0.4, 0.5) is 0 Å². The number of rotatable bonds is 8. The predicted octanol–water partition coefficient (Wildman–Crippen LogP) is 5.86. The molecule has 0 radical (unpaired) electrons. The lowest BCUT2D eigenvalue weighted by Gasteiger charge is -2.39. The van der Waals surface area contributed by atoms with Crippen molar-refractivity contribution in [1.82, 2.24) is 19.5 Å². The van der Waals surface area contributed by atoms with Gasteiger partial charge in [-0.1, -0.05) is 84.7 Å². The molecule has 3 rings (SSSR count). The summed E-state index contributed by atoms with van der Waals surface area (Å²) < 4.78 is 20.0. The maximum atomic E-state index is 15.4. The molecule has 1 saturated heterocycles. The first-order chi connectivity index (χ1) is 16.2. The van der Waals surface area contributed by atoms with Crippen LogP contribution in [-0.4, -0.2) is 59.6 Å². The molecular formula is C27H47N4O3P. The molecule has 1 aliphatic heterocycles. The minimum absolute atomic E-state index is 0.00852. The van der Waals surface area contributed by atoms with Crippen molar-refractivity contribution in [3.05, 3.63) is 35.9 Å². The van der Waals surface area contributed by atoms with Crippen molar-refractivity contribution in [3.63, 3.8) is 0 Å². The molecule has 2 fully saturated rings. The first-order valence-corrected chi connectivity index (χ1v) is 14.6. The Hall–Kier alpha value is -1.24. The monoisotopic (exact) mass is 506 g/mol. The van der Waals surface area contributed by atoms with Gasteiger partial charge < -0.3 is 0 Å². The third-order valence-corrected chi connectivity index (χ3v) is 9.88. The number of carbonyl (C=O) groups is 1. The topological polar surface area (TPSA) is 65.1 Å². The molecular weight excluding hydrogens is 459 g/mol. The van der Waals surface area contributed by atoms with Crippen molar-refractivity contribution in [2.75, 3.05) is 27.2 Å². The number of benzene rings is 1. The number of hydrogen-bond acceptors (Lipinski definition) is 3. The third-order valence-electron chi connectivity index (χ3n) is 6.96. The second kappa shape index (κ2) is 11.0. The van der Waals surface area contributed by atoms with Crippen LogP contribution in [0.2, 0.25) is 0 Å². The highest BCUT2D eigenvalue weighted by Gasteiger charge is 2.57. The second-order valence-corrected chi connectivity index (χ2v) is 15.0. The Morgan fingerprint density at radius 2 is 1.51 bits per heavy atom. The number of amides is 1. The van der Waals surface area contributed by atoms with Gasteiger partial charge in [-0.05, 0) is 29.2 Å². The molecule has 0 unspecified atom stereocenters. The van der Waals surface area contributed by atoms with Crippen molar-refractivity contribution in [3.8, 4) is 0 Å². The molecule has 1 aliphatic carbocycles. The van der Waals surface area contributed by atoms with Crippen LogP contribution in [0.5, 0.6) is 0 Å². The summed E-state index contributed by atoms with van der Waals surface area (Å²) in [6.07, 6.45) is 4.64. The molecule has 0 bridgehead atoms. The standard InChI is InChI=1S/C27H47N4O3P/c1-26(2,3)19-30-23-16-12-13-17-24(23)31(20-27(4,5)6)35(30,33)28-22(18-25(32)29(7)34-8)21-14-10-9-11-15-21/h9-11,14-15,22-24H,12-13,16-20H2,1-8H3,(H,28,33)/t22-,23+,24+/m1/s1. The van der Waals surface area contributed by atoms with Crippen LogP contribution in [0.25, 0.3) is 0 Å². The summed E-state index contributed by atoms with van der Waals surface area (Å²) in [6, 6.07) is 10.1. The summed E-state index contributed by atoms with van der Waals surface area (Å²) in [5.41, 5.74) is 0.943. The number of nitrogens with zero attached hydrogens (tertiary/aromatic N) is 3. The van der Waals surface area contributed by atoms with Crippen molar-refractivity contribution in [2.45, 2.75) is 91.8 Å². The number of fused-ring (bicyclic) bond motifs is 1. The van der Waals surface area contributed by atoms with Crippen LogP contribution in [0.15, 0.2) is 30.3 Å². The fourth-order valence-corrected chi connectivity index (χ4v) is 9.23. The average Bonchev–Trinajstić information content (AvgIpc) is 2.99. The first-order valence-electron chi connectivity index (χ1n) is 13.0. The van der Waals surface area contributed by atoms with Crippen molar-refractivity contribution in [1.29, 1.82) is 0 Å². The minimum atomic E-state index is -3.20. The van der Waals surface area contributed by atoms with E-state index in [1.54, 1.807) is 7.05 Å². The van der Waals surface area contributed by atoms with E-state index in [1.807, 2.05) is 30.3 Å². The summed E-state index contributed by atoms with van der Waals surface area (Å²) in [4.78, 5) is 18.1. The molecule has 3 atom stereocenters. The van der Waals surface area contributed by atoms with Crippen LogP contribution in [0.1, 0.15) is 85.3 Å². The van der Waals surface area contributed by atoms with Gasteiger partial charge >= 0.3 is 0 Å². The van der Waals surface area contributed by atoms with Crippen LogP contribution in [0.3, 0.4) is 0 Å². The molecule has 0 aromatic heterocycles. The number of carbonyl (C=O) groups excluding carboxylic acids is 1. The zero-order chi connectivity index (χ0) is 26.0. The molecule has 0 spiro atoms. The summed E-state index contributed by atoms with van der Waals surface area (Å²) in [5, 5.41) is 4.88. The van der Waals surface area contributed by atoms with Crippen LogP contribution < -0.4 is 5.09 Å². The lowest BCUT2D eigenvalue weighted by atomic mass is 9.87. The molecule has 1 saturated carbocycles. The largest absolute Gasteiger partial charge is 0.285 e. The van der Waals surface area contributed by atoms with E-state index < -0.39 is 13.6 Å². The molecule has 1 N–H and O–H groups in total. The fraction of sp³-hybridized carbons (Fsp3) is 0.741. The highest BCUT2D eigenvalue weighted by atomic mass is 31.2. The van der Waals surface area contributed by atoms with E-state index in [-0.39, 0.29) is 35.2 Å². The minimum Gasteiger partial charge on any atom is -0.275 e. The lowest BCUT2D eigenvalue weighted by Crippen LogP contribution is -2.43. The summed E-state index contributed by atoms with van der Waals surface area (Å²) in [6.45, 7) is 14.8. The second-order valence-electron chi connectivity index (χ2n) is 12.6. The van der Waals surface area contributed by atoms with Gasteiger partial charge in [0.15, 0.2) is 0 Å². The summed E-state index contributed by atoms with van der Waals surface area (Å²) >= 11 is 0. The van der Waals surface area contributed by atoms with Crippen molar-refractivity contribution >= 4 is 13.5 Å². The molecule has 2 aliphatic rings. The zero-order valence-electron chi connectivity index (χ0n) is 23.1. The smallest absolute Gasteiger partial charge is 0.275 e. The predicted molar refractivity (Wildman–Crippen MR) is 143 cm³/mol. The van der Waals surface area contributed by atoms with Gasteiger partial charge in [-0.2, -0.15) is 0 Å². The number of hydroxylamine groups is 2. The lowest BCUT2D eigenvalue weighted by molar-refractivity contribution is -0.169. The van der Waals surface area contributed by atoms with Crippen molar-refractivity contribution in [2.24, 2.45) is 10.8 Å². The summed E-state index contributed by atoms with van der Waals surface area (Å²) in [7, 11) is -0.0916. The highest BCUT2D eigenvalue weighted by molar-refractivity contribution is 7.57. The molecule has 198 valence electrons. The highest BCUT2D eigenvalue weighted by Crippen LogP contribution is 2.63. The Kier molecular flexibility index (Phi) is 8.92. The molecule has 1 heterocycles. The Morgan fingerprint density at radius 1 is 1.03 bits per heavy atom. The first kappa shape index (κ1) is 28.3. The van der Waals surface area contributed by atoms with E-state index in [0.717, 1.165) is 31.5 Å². The molecule has 1 aromatic carbocycles. The SMILES string of the molecule is CON(C)C(=O)C[C@@H](NP1(=O)N(CC(C)(C)C)[C@H]2CCCC[C@@H]2N1CC(C)(C)C)c1ccccc1. The Balaban J connectivity index is 2.07. The van der Waals surface area contributed by atoms with E-state index in [2.05, 4.69) is 56.0 Å². The van der Waals surface area contributed by atoms with E-state index in [0.29, 0.717) is 0 Å². The quantitative estimate of drug-likeness (QED) is 0.352. The number of nitrogens with one attached hydrogen (secondary N) is 1. The Morgan fingerprint density at radius 3 is 1.94 bits per heavy atom. The van der Waals surface area contributed by atoms with Crippen LogP contribution >= 0.6 is 7.59 Å². The van der Waals surface area contributed by atoms with Crippen LogP contribution in [-0.2, 0) is 14.2 Å². The van der Waals surface area contributed by atoms with Gasteiger partial charge in [-0.15, -0.1) is 0 Å². The van der Waals surface area contributed by atoms with Crippen LogP contribution in [0, 0.1) is 10.8 Å². The molecule has 1 aromatic rings. The molecule has 1 amide bonds. The third kappa shape index (κ3) is 6.95.